The Morgan fingerprint density at radius 2 is 2.19 bits per heavy atom. The summed E-state index contributed by atoms with van der Waals surface area (Å²) in [4.78, 5) is 0.588. The first-order valence-electron chi connectivity index (χ1n) is 7.88. The number of nitrogens with one attached hydrogen (secondary N) is 1. The van der Waals surface area contributed by atoms with Gasteiger partial charge in [0.15, 0.2) is 0 Å². The largest absolute Gasteiger partial charge is 0.425 e. The van der Waals surface area contributed by atoms with Crippen molar-refractivity contribution < 1.29 is 13.2 Å². The SMILES string of the molecule is CCCC1CC2(CCCc3sc(C(F)(F)F)cc32)CCN1. The second kappa shape index (κ2) is 5.58. The van der Waals surface area contributed by atoms with E-state index in [1.807, 2.05) is 0 Å². The zero-order chi connectivity index (χ0) is 15.1. The molecule has 1 nitrogen and oxygen atoms in total. The van der Waals surface area contributed by atoms with E-state index >= 15 is 0 Å². The maximum Gasteiger partial charge on any atom is 0.425 e. The van der Waals surface area contributed by atoms with E-state index in [4.69, 9.17) is 0 Å². The van der Waals surface area contributed by atoms with Crippen LogP contribution in [-0.2, 0) is 18.0 Å². The average Bonchev–Trinajstić information content (AvgIpc) is 2.85. The molecule has 0 radical (unpaired) electrons. The predicted molar refractivity (Wildman–Crippen MR) is 79.9 cm³/mol. The van der Waals surface area contributed by atoms with Gasteiger partial charge in [-0.05, 0) is 62.1 Å². The summed E-state index contributed by atoms with van der Waals surface area (Å²) in [6.45, 7) is 3.10. The van der Waals surface area contributed by atoms with Crippen LogP contribution in [0.25, 0.3) is 0 Å². The molecule has 1 saturated heterocycles. The number of rotatable bonds is 2. The third-order valence-corrected chi connectivity index (χ3v) is 6.27. The topological polar surface area (TPSA) is 12.0 Å². The van der Waals surface area contributed by atoms with Crippen molar-refractivity contribution in [3.8, 4) is 0 Å². The second-order valence-electron chi connectivity index (χ2n) is 6.47. The third kappa shape index (κ3) is 2.87. The van der Waals surface area contributed by atoms with Crippen LogP contribution in [0.5, 0.6) is 0 Å². The molecule has 1 aromatic heterocycles. The van der Waals surface area contributed by atoms with Gasteiger partial charge in [0.05, 0.1) is 0 Å². The Balaban J connectivity index is 1.94. The van der Waals surface area contributed by atoms with Crippen LogP contribution < -0.4 is 5.32 Å². The number of aryl methyl sites for hydroxylation is 1. The summed E-state index contributed by atoms with van der Waals surface area (Å²) in [7, 11) is 0. The van der Waals surface area contributed by atoms with Crippen molar-refractivity contribution in [3.63, 3.8) is 0 Å². The highest BCUT2D eigenvalue weighted by Crippen LogP contribution is 2.50. The van der Waals surface area contributed by atoms with E-state index in [0.717, 1.165) is 73.3 Å². The van der Waals surface area contributed by atoms with Crippen LogP contribution in [0.15, 0.2) is 6.07 Å². The molecule has 0 amide bonds. The van der Waals surface area contributed by atoms with Crippen molar-refractivity contribution >= 4 is 11.3 Å². The van der Waals surface area contributed by atoms with Gasteiger partial charge >= 0.3 is 6.18 Å². The van der Waals surface area contributed by atoms with Gasteiger partial charge in [-0.2, -0.15) is 13.2 Å². The first-order chi connectivity index (χ1) is 9.94. The van der Waals surface area contributed by atoms with Crippen LogP contribution in [0.3, 0.4) is 0 Å². The minimum atomic E-state index is -4.20. The minimum absolute atomic E-state index is 0.00132. The fourth-order valence-electron chi connectivity index (χ4n) is 4.11. The van der Waals surface area contributed by atoms with E-state index in [2.05, 4.69) is 12.2 Å². The lowest BCUT2D eigenvalue weighted by Crippen LogP contribution is -2.47. The molecule has 1 N–H and O–H groups in total. The second-order valence-corrected chi connectivity index (χ2v) is 7.61. The van der Waals surface area contributed by atoms with Crippen LogP contribution in [-0.4, -0.2) is 12.6 Å². The highest BCUT2D eigenvalue weighted by atomic mass is 32.1. The van der Waals surface area contributed by atoms with Gasteiger partial charge in [-0.3, -0.25) is 0 Å². The molecule has 1 aliphatic heterocycles. The number of hydrogen-bond donors (Lipinski definition) is 1. The monoisotopic (exact) mass is 317 g/mol. The number of fused-ring (bicyclic) bond motifs is 2. The minimum Gasteiger partial charge on any atom is -0.314 e. The van der Waals surface area contributed by atoms with Crippen LogP contribution in [0, 0.1) is 0 Å². The standard InChI is InChI=1S/C16H22F3NS/c1-2-4-11-10-15(7-8-20-11)6-3-5-13-12(15)9-14(21-13)16(17,18)19/h9,11,20H,2-8,10H2,1H3. The Bertz CT molecular complexity index is 506. The Kier molecular flexibility index (Phi) is 4.08. The summed E-state index contributed by atoms with van der Waals surface area (Å²) in [5.41, 5.74) is 1.02. The van der Waals surface area contributed by atoms with Crippen molar-refractivity contribution in [2.75, 3.05) is 6.54 Å². The van der Waals surface area contributed by atoms with Gasteiger partial charge in [-0.25, -0.2) is 0 Å². The summed E-state index contributed by atoms with van der Waals surface area (Å²) < 4.78 is 39.1. The molecule has 1 aromatic rings. The van der Waals surface area contributed by atoms with Crippen molar-refractivity contribution in [1.82, 2.24) is 5.32 Å². The lowest BCUT2D eigenvalue weighted by atomic mass is 9.65. The first kappa shape index (κ1) is 15.3. The molecule has 2 unspecified atom stereocenters. The van der Waals surface area contributed by atoms with Gasteiger partial charge in [-0.15, -0.1) is 11.3 Å². The molecule has 0 saturated carbocycles. The lowest BCUT2D eigenvalue weighted by Gasteiger charge is -2.44. The fraction of sp³-hybridized carbons (Fsp3) is 0.750. The quantitative estimate of drug-likeness (QED) is 0.818. The molecule has 3 rings (SSSR count). The number of halogens is 3. The molecule has 1 aliphatic carbocycles. The molecule has 1 fully saturated rings. The molecule has 0 aromatic carbocycles. The van der Waals surface area contributed by atoms with Gasteiger partial charge in [0.25, 0.3) is 0 Å². The summed E-state index contributed by atoms with van der Waals surface area (Å²) in [6, 6.07) is 1.93. The molecule has 2 aliphatic rings. The maximum atomic E-state index is 13.0. The van der Waals surface area contributed by atoms with Crippen molar-refractivity contribution in [2.45, 2.75) is 69.5 Å². The van der Waals surface area contributed by atoms with E-state index in [0.29, 0.717) is 6.04 Å². The molecule has 0 bridgehead atoms. The highest BCUT2D eigenvalue weighted by molar-refractivity contribution is 7.12. The predicted octanol–water partition coefficient (Wildman–Crippen LogP) is 4.89. The third-order valence-electron chi connectivity index (χ3n) is 5.03. The van der Waals surface area contributed by atoms with Gasteiger partial charge in [0.1, 0.15) is 4.88 Å². The number of thiophene rings is 1. The Morgan fingerprint density at radius 3 is 2.90 bits per heavy atom. The van der Waals surface area contributed by atoms with Crippen LogP contribution in [0.4, 0.5) is 13.2 Å². The van der Waals surface area contributed by atoms with Crippen molar-refractivity contribution in [3.05, 3.63) is 21.4 Å². The molecule has 118 valence electrons. The summed E-state index contributed by atoms with van der Waals surface area (Å²) in [5.74, 6) is 0. The fourth-order valence-corrected chi connectivity index (χ4v) is 5.30. The summed E-state index contributed by atoms with van der Waals surface area (Å²) >= 11 is 0.979. The molecule has 2 atom stereocenters. The van der Waals surface area contributed by atoms with Gasteiger partial charge < -0.3 is 5.32 Å². The normalized spacial score (nSPS) is 29.6. The number of hydrogen-bond acceptors (Lipinski definition) is 2. The number of piperidine rings is 1. The molecule has 5 heteroatoms. The molecule has 2 heterocycles. The van der Waals surface area contributed by atoms with Crippen LogP contribution >= 0.6 is 11.3 Å². The van der Waals surface area contributed by atoms with Crippen LogP contribution in [0.2, 0.25) is 0 Å². The zero-order valence-corrected chi connectivity index (χ0v) is 13.2. The van der Waals surface area contributed by atoms with Gasteiger partial charge in [-0.1, -0.05) is 13.3 Å². The number of alkyl halides is 3. The first-order valence-corrected chi connectivity index (χ1v) is 8.70. The smallest absolute Gasteiger partial charge is 0.314 e. The zero-order valence-electron chi connectivity index (χ0n) is 12.4. The molecule has 1 spiro atoms. The molecular formula is C16H22F3NS. The average molecular weight is 317 g/mol. The van der Waals surface area contributed by atoms with E-state index in [1.54, 1.807) is 0 Å². The van der Waals surface area contributed by atoms with E-state index < -0.39 is 11.1 Å². The molecule has 21 heavy (non-hydrogen) atoms. The summed E-state index contributed by atoms with van der Waals surface area (Å²) in [6.07, 6.45) is 2.93. The van der Waals surface area contributed by atoms with Gasteiger partial charge in [0.2, 0.25) is 0 Å². The van der Waals surface area contributed by atoms with E-state index in [-0.39, 0.29) is 5.41 Å². The summed E-state index contributed by atoms with van der Waals surface area (Å²) in [5, 5.41) is 3.54. The van der Waals surface area contributed by atoms with Crippen molar-refractivity contribution in [1.29, 1.82) is 0 Å². The van der Waals surface area contributed by atoms with Crippen LogP contribution in [0.1, 0.15) is 60.8 Å². The molecular weight excluding hydrogens is 295 g/mol. The highest BCUT2D eigenvalue weighted by Gasteiger charge is 2.44. The Hall–Kier alpha value is -0.550. The van der Waals surface area contributed by atoms with E-state index in [1.165, 1.54) is 6.07 Å². The Labute approximate surface area is 127 Å². The Morgan fingerprint density at radius 1 is 1.38 bits per heavy atom. The van der Waals surface area contributed by atoms with E-state index in [9.17, 15) is 13.2 Å². The lowest BCUT2D eigenvalue weighted by molar-refractivity contribution is -0.134. The van der Waals surface area contributed by atoms with Crippen molar-refractivity contribution in [2.24, 2.45) is 0 Å². The van der Waals surface area contributed by atoms with Gasteiger partial charge in [0, 0.05) is 10.9 Å². The maximum absolute atomic E-state index is 13.0.